The quantitative estimate of drug-likeness (QED) is 0.161. The van der Waals surface area contributed by atoms with E-state index in [0.29, 0.717) is 0 Å². The number of nitrogens with zero attached hydrogens (tertiary/aromatic N) is 1. The Morgan fingerprint density at radius 3 is 1.39 bits per heavy atom. The second kappa shape index (κ2) is 13.4. The van der Waals surface area contributed by atoms with E-state index in [9.17, 15) is 0 Å². The molecule has 0 saturated heterocycles. The summed E-state index contributed by atoms with van der Waals surface area (Å²) in [5.41, 5.74) is 16.0. The molecule has 0 aliphatic carbocycles. The lowest BCUT2D eigenvalue weighted by molar-refractivity contribution is 1.20. The monoisotopic (exact) mass is 729 g/mol. The van der Waals surface area contributed by atoms with Crippen LogP contribution in [-0.2, 0) is 0 Å². The van der Waals surface area contributed by atoms with Gasteiger partial charge in [-0.3, -0.25) is 0 Å². The Morgan fingerprint density at radius 2 is 0.768 bits per heavy atom. The van der Waals surface area contributed by atoms with E-state index in [-0.39, 0.29) is 0 Å². The van der Waals surface area contributed by atoms with Crippen LogP contribution in [0.3, 0.4) is 0 Å². The second-order valence-electron chi connectivity index (χ2n) is 14.5. The van der Waals surface area contributed by atoms with Crippen LogP contribution < -0.4 is 0 Å². The highest BCUT2D eigenvalue weighted by molar-refractivity contribution is 7.26. The summed E-state index contributed by atoms with van der Waals surface area (Å²) in [7, 11) is 0. The van der Waals surface area contributed by atoms with Crippen LogP contribution >= 0.6 is 11.3 Å². The summed E-state index contributed by atoms with van der Waals surface area (Å²) < 4.78 is 5.08. The van der Waals surface area contributed by atoms with E-state index in [1.165, 1.54) is 103 Å². The molecule has 1 nitrogen and oxygen atoms in total. The van der Waals surface area contributed by atoms with Crippen LogP contribution in [0.2, 0.25) is 0 Å². The summed E-state index contributed by atoms with van der Waals surface area (Å²) in [5.74, 6) is 0. The van der Waals surface area contributed by atoms with Gasteiger partial charge in [0.05, 0.1) is 16.7 Å². The molecule has 262 valence electrons. The Morgan fingerprint density at radius 1 is 0.304 bits per heavy atom. The van der Waals surface area contributed by atoms with Gasteiger partial charge in [-0.2, -0.15) is 0 Å². The number of hydrogen-bond acceptors (Lipinski definition) is 1. The molecule has 0 radical (unpaired) electrons. The predicted octanol–water partition coefficient (Wildman–Crippen LogP) is 15.5. The largest absolute Gasteiger partial charge is 0.309 e. The summed E-state index contributed by atoms with van der Waals surface area (Å²) in [6, 6.07) is 77.4. The van der Waals surface area contributed by atoms with E-state index >= 15 is 0 Å². The number of para-hydroxylation sites is 1. The van der Waals surface area contributed by atoms with Crippen LogP contribution in [0.5, 0.6) is 0 Å². The first-order valence-corrected chi connectivity index (χ1v) is 20.0. The highest BCUT2D eigenvalue weighted by Crippen LogP contribution is 2.44. The smallest absolute Gasteiger partial charge is 0.0555 e. The molecule has 0 N–H and O–H groups in total. The van der Waals surface area contributed by atoms with Gasteiger partial charge in [-0.25, -0.2) is 0 Å². The third-order valence-electron chi connectivity index (χ3n) is 11.3. The highest BCUT2D eigenvalue weighted by Gasteiger charge is 2.19. The average molecular weight is 730 g/mol. The number of hydrogen-bond donors (Lipinski definition) is 0. The van der Waals surface area contributed by atoms with Crippen LogP contribution in [0.15, 0.2) is 212 Å². The fourth-order valence-corrected chi connectivity index (χ4v) is 9.73. The molecule has 2 aromatic heterocycles. The van der Waals surface area contributed by atoms with Crippen molar-refractivity contribution in [1.82, 2.24) is 4.57 Å². The van der Waals surface area contributed by atoms with E-state index in [0.717, 1.165) is 0 Å². The van der Waals surface area contributed by atoms with Crippen molar-refractivity contribution < 1.29 is 0 Å². The van der Waals surface area contributed by atoms with Gasteiger partial charge in [0.2, 0.25) is 0 Å². The van der Waals surface area contributed by atoms with Gasteiger partial charge < -0.3 is 4.57 Å². The standard InChI is InChI=1S/C54H35NS/c1-3-11-36(12-4-1)38-21-23-39(24-22-38)40-25-27-41(28-26-40)42-29-31-43(32-30-42)45-16-9-17-47-53-51(19-10-20-52(53)56-54(45)47)55-49-18-8-7-15-46(49)48-35-44(33-34-50(48)55)37-13-5-2-6-14-37/h1-35H. The summed E-state index contributed by atoms with van der Waals surface area (Å²) in [5, 5.41) is 5.13. The fourth-order valence-electron chi connectivity index (χ4n) is 8.47. The van der Waals surface area contributed by atoms with Crippen molar-refractivity contribution in [3.05, 3.63) is 212 Å². The molecule has 0 amide bonds. The summed E-state index contributed by atoms with van der Waals surface area (Å²) in [6.45, 7) is 0. The third-order valence-corrected chi connectivity index (χ3v) is 12.5. The number of rotatable bonds is 6. The third kappa shape index (κ3) is 5.46. The molecule has 11 aromatic rings. The van der Waals surface area contributed by atoms with Gasteiger partial charge in [0, 0.05) is 30.9 Å². The summed E-state index contributed by atoms with van der Waals surface area (Å²) in [6.07, 6.45) is 0. The molecule has 0 fully saturated rings. The first-order chi connectivity index (χ1) is 27.8. The topological polar surface area (TPSA) is 4.93 Å². The first-order valence-electron chi connectivity index (χ1n) is 19.2. The Hall–Kier alpha value is -7.00. The maximum absolute atomic E-state index is 2.47. The normalized spacial score (nSPS) is 11.6. The summed E-state index contributed by atoms with van der Waals surface area (Å²) >= 11 is 1.89. The number of aromatic nitrogens is 1. The molecule has 0 spiro atoms. The zero-order valence-electron chi connectivity index (χ0n) is 30.6. The Labute approximate surface area is 330 Å². The van der Waals surface area contributed by atoms with Crippen molar-refractivity contribution in [2.24, 2.45) is 0 Å². The summed E-state index contributed by atoms with van der Waals surface area (Å²) in [4.78, 5) is 0. The predicted molar refractivity (Wildman–Crippen MR) is 241 cm³/mol. The molecule has 9 aromatic carbocycles. The van der Waals surface area contributed by atoms with Crippen molar-refractivity contribution in [2.75, 3.05) is 0 Å². The molecule has 0 unspecified atom stereocenters. The molecule has 2 heteroatoms. The Bertz CT molecular complexity index is 3190. The lowest BCUT2D eigenvalue weighted by Gasteiger charge is -2.11. The number of benzene rings is 9. The van der Waals surface area contributed by atoms with Gasteiger partial charge in [0.15, 0.2) is 0 Å². The van der Waals surface area contributed by atoms with E-state index in [1.807, 2.05) is 11.3 Å². The van der Waals surface area contributed by atoms with Crippen LogP contribution in [0, 0.1) is 0 Å². The first kappa shape index (κ1) is 32.4. The van der Waals surface area contributed by atoms with Gasteiger partial charge in [-0.1, -0.05) is 182 Å². The zero-order chi connectivity index (χ0) is 37.0. The minimum atomic E-state index is 1.22. The van der Waals surface area contributed by atoms with Crippen molar-refractivity contribution in [3.8, 4) is 61.3 Å². The van der Waals surface area contributed by atoms with E-state index in [4.69, 9.17) is 0 Å². The maximum atomic E-state index is 2.47. The fraction of sp³-hybridized carbons (Fsp3) is 0. The van der Waals surface area contributed by atoms with Crippen LogP contribution in [0.1, 0.15) is 0 Å². The minimum Gasteiger partial charge on any atom is -0.309 e. The average Bonchev–Trinajstić information content (AvgIpc) is 3.83. The lowest BCUT2D eigenvalue weighted by Crippen LogP contribution is -1.94. The molecule has 2 heterocycles. The minimum absolute atomic E-state index is 1.22. The van der Waals surface area contributed by atoms with Gasteiger partial charge in [-0.15, -0.1) is 11.3 Å². The molecule has 0 aliphatic rings. The molecular formula is C54H35NS. The van der Waals surface area contributed by atoms with E-state index in [2.05, 4.69) is 217 Å². The van der Waals surface area contributed by atoms with Crippen LogP contribution in [-0.4, -0.2) is 4.57 Å². The van der Waals surface area contributed by atoms with E-state index in [1.54, 1.807) is 0 Å². The maximum Gasteiger partial charge on any atom is 0.0555 e. The van der Waals surface area contributed by atoms with Gasteiger partial charge >= 0.3 is 0 Å². The molecule has 11 rings (SSSR count). The van der Waals surface area contributed by atoms with E-state index < -0.39 is 0 Å². The van der Waals surface area contributed by atoms with Gasteiger partial charge in [0.1, 0.15) is 0 Å². The molecular weight excluding hydrogens is 695 g/mol. The molecule has 0 saturated carbocycles. The number of fused-ring (bicyclic) bond motifs is 6. The molecule has 0 aliphatic heterocycles. The lowest BCUT2D eigenvalue weighted by atomic mass is 9.96. The number of thiophene rings is 1. The van der Waals surface area contributed by atoms with Crippen LogP contribution in [0.4, 0.5) is 0 Å². The molecule has 56 heavy (non-hydrogen) atoms. The van der Waals surface area contributed by atoms with Gasteiger partial charge in [0.25, 0.3) is 0 Å². The Balaban J connectivity index is 0.946. The molecule has 0 atom stereocenters. The SMILES string of the molecule is c1ccc(-c2ccc(-c3ccc(-c4ccc(-c5cccc6c5sc5cccc(-n7c8ccccc8c8cc(-c9ccccc9)ccc87)c56)cc4)cc3)cc2)cc1. The zero-order valence-corrected chi connectivity index (χ0v) is 31.4. The molecule has 0 bridgehead atoms. The van der Waals surface area contributed by atoms with Crippen molar-refractivity contribution in [3.63, 3.8) is 0 Å². The Kier molecular flexibility index (Phi) is 7.75. The van der Waals surface area contributed by atoms with Crippen LogP contribution in [0.25, 0.3) is 103 Å². The second-order valence-corrected chi connectivity index (χ2v) is 15.5. The van der Waals surface area contributed by atoms with Crippen molar-refractivity contribution >= 4 is 53.3 Å². The van der Waals surface area contributed by atoms with Crippen molar-refractivity contribution in [2.45, 2.75) is 0 Å². The van der Waals surface area contributed by atoms with Crippen molar-refractivity contribution in [1.29, 1.82) is 0 Å². The van der Waals surface area contributed by atoms with Gasteiger partial charge in [-0.05, 0) is 86.0 Å². The highest BCUT2D eigenvalue weighted by atomic mass is 32.1.